The Morgan fingerprint density at radius 2 is 2.09 bits per heavy atom. The van der Waals surface area contributed by atoms with Crippen LogP contribution >= 0.6 is 0 Å². The first-order valence-corrected chi connectivity index (χ1v) is 6.88. The molecule has 114 valence electrons. The second-order valence-corrected chi connectivity index (χ2v) is 4.87. The first-order chi connectivity index (χ1) is 11.2. The molecular formula is C17H12FN3O2. The van der Waals surface area contributed by atoms with E-state index in [1.165, 1.54) is 6.07 Å². The van der Waals surface area contributed by atoms with Gasteiger partial charge in [-0.15, -0.1) is 0 Å². The van der Waals surface area contributed by atoms with Crippen molar-refractivity contribution in [2.45, 2.75) is 13.5 Å². The molecule has 2 aromatic carbocycles. The predicted octanol–water partition coefficient (Wildman–Crippen LogP) is 3.63. The number of aromatic nitrogens is 2. The maximum atomic E-state index is 13.6. The Balaban J connectivity index is 1.75. The van der Waals surface area contributed by atoms with Gasteiger partial charge in [0.25, 0.3) is 5.89 Å². The molecule has 0 spiro atoms. The van der Waals surface area contributed by atoms with Crippen LogP contribution in [0.15, 0.2) is 47.0 Å². The zero-order valence-corrected chi connectivity index (χ0v) is 12.3. The molecule has 0 unspecified atom stereocenters. The number of halogens is 1. The Labute approximate surface area is 131 Å². The number of hydrogen-bond donors (Lipinski definition) is 0. The summed E-state index contributed by atoms with van der Waals surface area (Å²) in [7, 11) is 0. The van der Waals surface area contributed by atoms with Crippen LogP contribution in [0.4, 0.5) is 4.39 Å². The fourth-order valence-corrected chi connectivity index (χ4v) is 1.99. The lowest BCUT2D eigenvalue weighted by molar-refractivity contribution is 0.242. The monoisotopic (exact) mass is 309 g/mol. The van der Waals surface area contributed by atoms with Crippen molar-refractivity contribution >= 4 is 0 Å². The minimum absolute atomic E-state index is 0.0278. The summed E-state index contributed by atoms with van der Waals surface area (Å²) in [4.78, 5) is 4.17. The highest BCUT2D eigenvalue weighted by Crippen LogP contribution is 2.21. The van der Waals surface area contributed by atoms with E-state index < -0.39 is 0 Å². The third kappa shape index (κ3) is 3.19. The van der Waals surface area contributed by atoms with Crippen molar-refractivity contribution in [2.75, 3.05) is 0 Å². The van der Waals surface area contributed by atoms with Gasteiger partial charge in [-0.25, -0.2) is 4.39 Å². The number of hydrogen-bond acceptors (Lipinski definition) is 5. The van der Waals surface area contributed by atoms with E-state index in [1.54, 1.807) is 43.3 Å². The highest BCUT2D eigenvalue weighted by molar-refractivity contribution is 5.54. The van der Waals surface area contributed by atoms with E-state index in [1.807, 2.05) is 6.07 Å². The average molecular weight is 309 g/mol. The first kappa shape index (κ1) is 14.7. The van der Waals surface area contributed by atoms with Crippen LogP contribution < -0.4 is 4.74 Å². The Morgan fingerprint density at radius 1 is 1.26 bits per heavy atom. The van der Waals surface area contributed by atoms with E-state index >= 15 is 0 Å². The smallest absolute Gasteiger partial charge is 0.264 e. The molecule has 6 heteroatoms. The zero-order chi connectivity index (χ0) is 16.2. The van der Waals surface area contributed by atoms with Crippen LogP contribution in [-0.2, 0) is 6.61 Å². The summed E-state index contributed by atoms with van der Waals surface area (Å²) in [6.45, 7) is 1.71. The second-order valence-electron chi connectivity index (χ2n) is 4.87. The molecule has 0 atom stereocenters. The summed E-state index contributed by atoms with van der Waals surface area (Å²) in [5, 5.41) is 12.8. The van der Waals surface area contributed by atoms with Gasteiger partial charge in [0.2, 0.25) is 5.82 Å². The summed E-state index contributed by atoms with van der Waals surface area (Å²) >= 11 is 0. The molecule has 0 radical (unpaired) electrons. The van der Waals surface area contributed by atoms with Gasteiger partial charge >= 0.3 is 0 Å². The van der Waals surface area contributed by atoms with Crippen molar-refractivity contribution in [3.05, 3.63) is 65.3 Å². The molecule has 1 aromatic heterocycles. The van der Waals surface area contributed by atoms with E-state index in [0.717, 1.165) is 0 Å². The quantitative estimate of drug-likeness (QED) is 0.736. The summed E-state index contributed by atoms with van der Waals surface area (Å²) in [6, 6.07) is 13.6. The van der Waals surface area contributed by atoms with Crippen molar-refractivity contribution in [1.82, 2.24) is 10.1 Å². The molecule has 0 N–H and O–H groups in total. The van der Waals surface area contributed by atoms with Gasteiger partial charge in [0.15, 0.2) is 6.61 Å². The molecule has 0 aliphatic heterocycles. The molecule has 0 saturated carbocycles. The van der Waals surface area contributed by atoms with Crippen molar-refractivity contribution < 1.29 is 13.7 Å². The van der Waals surface area contributed by atoms with Gasteiger partial charge in [0.05, 0.1) is 5.56 Å². The highest BCUT2D eigenvalue weighted by atomic mass is 19.1. The predicted molar refractivity (Wildman–Crippen MR) is 79.9 cm³/mol. The van der Waals surface area contributed by atoms with E-state index in [0.29, 0.717) is 22.4 Å². The molecule has 0 amide bonds. The van der Waals surface area contributed by atoms with Crippen LogP contribution in [-0.4, -0.2) is 10.1 Å². The minimum atomic E-state index is -0.326. The largest absolute Gasteiger partial charge is 0.482 e. The number of nitrogens with zero attached hydrogens (tertiary/aromatic N) is 3. The molecule has 0 bridgehead atoms. The fourth-order valence-electron chi connectivity index (χ4n) is 1.99. The topological polar surface area (TPSA) is 71.9 Å². The van der Waals surface area contributed by atoms with Crippen molar-refractivity contribution in [2.24, 2.45) is 0 Å². The van der Waals surface area contributed by atoms with E-state index in [-0.39, 0.29) is 24.1 Å². The molecule has 3 rings (SSSR count). The van der Waals surface area contributed by atoms with Crippen LogP contribution in [0.3, 0.4) is 0 Å². The lowest BCUT2D eigenvalue weighted by Crippen LogP contribution is -1.97. The van der Waals surface area contributed by atoms with Crippen LogP contribution in [0.2, 0.25) is 0 Å². The van der Waals surface area contributed by atoms with Gasteiger partial charge in [0, 0.05) is 5.56 Å². The Hall–Kier alpha value is -3.20. The lowest BCUT2D eigenvalue weighted by atomic mass is 10.1. The molecule has 23 heavy (non-hydrogen) atoms. The van der Waals surface area contributed by atoms with E-state index in [4.69, 9.17) is 14.5 Å². The number of rotatable bonds is 4. The molecule has 0 aliphatic carbocycles. The van der Waals surface area contributed by atoms with Gasteiger partial charge in [0.1, 0.15) is 17.6 Å². The number of para-hydroxylation sites is 1. The van der Waals surface area contributed by atoms with Gasteiger partial charge in [-0.05, 0) is 30.7 Å². The average Bonchev–Trinajstić information content (AvgIpc) is 3.04. The van der Waals surface area contributed by atoms with Crippen LogP contribution in [0, 0.1) is 24.1 Å². The number of benzene rings is 2. The third-order valence-electron chi connectivity index (χ3n) is 3.26. The summed E-state index contributed by atoms with van der Waals surface area (Å²) in [5.74, 6) is 0.647. The normalized spacial score (nSPS) is 10.3. The molecule has 3 aromatic rings. The van der Waals surface area contributed by atoms with Crippen LogP contribution in [0.25, 0.3) is 11.4 Å². The number of aryl methyl sites for hydroxylation is 1. The molecule has 5 nitrogen and oxygen atoms in total. The van der Waals surface area contributed by atoms with E-state index in [2.05, 4.69) is 10.1 Å². The van der Waals surface area contributed by atoms with Gasteiger partial charge < -0.3 is 9.26 Å². The molecule has 1 heterocycles. The van der Waals surface area contributed by atoms with Crippen molar-refractivity contribution in [3.8, 4) is 23.2 Å². The summed E-state index contributed by atoms with van der Waals surface area (Å²) < 4.78 is 24.2. The van der Waals surface area contributed by atoms with Gasteiger partial charge in [-0.2, -0.15) is 10.2 Å². The molecular weight excluding hydrogens is 297 g/mol. The standard InChI is InChI=1S/C17H12FN3O2/c1-11-6-7-12(8-14(11)18)17-20-16(23-21-17)10-22-15-5-3-2-4-13(15)9-19/h2-8H,10H2,1H3. The molecule has 0 saturated heterocycles. The highest BCUT2D eigenvalue weighted by Gasteiger charge is 2.11. The Kier molecular flexibility index (Phi) is 4.02. The first-order valence-electron chi connectivity index (χ1n) is 6.88. The van der Waals surface area contributed by atoms with Crippen molar-refractivity contribution in [1.29, 1.82) is 5.26 Å². The van der Waals surface area contributed by atoms with Crippen LogP contribution in [0.5, 0.6) is 5.75 Å². The zero-order valence-electron chi connectivity index (χ0n) is 12.3. The molecule has 0 fully saturated rings. The van der Waals surface area contributed by atoms with Crippen LogP contribution in [0.1, 0.15) is 17.0 Å². The second kappa shape index (κ2) is 6.28. The van der Waals surface area contributed by atoms with Crippen molar-refractivity contribution in [3.63, 3.8) is 0 Å². The summed E-state index contributed by atoms with van der Waals surface area (Å²) in [6.07, 6.45) is 0. The summed E-state index contributed by atoms with van der Waals surface area (Å²) in [5.41, 5.74) is 1.50. The third-order valence-corrected chi connectivity index (χ3v) is 3.26. The maximum Gasteiger partial charge on any atom is 0.264 e. The maximum absolute atomic E-state index is 13.6. The number of ether oxygens (including phenoxy) is 1. The number of nitriles is 1. The Bertz CT molecular complexity index is 884. The SMILES string of the molecule is Cc1ccc(-c2noc(COc3ccccc3C#N)n2)cc1F. The lowest BCUT2D eigenvalue weighted by Gasteiger charge is -2.03. The molecule has 0 aliphatic rings. The minimum Gasteiger partial charge on any atom is -0.482 e. The van der Waals surface area contributed by atoms with Gasteiger partial charge in [-0.3, -0.25) is 0 Å². The Morgan fingerprint density at radius 3 is 2.87 bits per heavy atom. The fraction of sp³-hybridized carbons (Fsp3) is 0.118. The van der Waals surface area contributed by atoms with Gasteiger partial charge in [-0.1, -0.05) is 29.4 Å². The van der Waals surface area contributed by atoms with E-state index in [9.17, 15) is 4.39 Å².